The average Bonchev–Trinajstić information content (AvgIpc) is 3.00. The van der Waals surface area contributed by atoms with Crippen molar-refractivity contribution in [2.75, 3.05) is 13.2 Å². The number of amides is 1. The maximum Gasteiger partial charge on any atom is 0.331 e. The van der Waals surface area contributed by atoms with Gasteiger partial charge in [0.1, 0.15) is 18.2 Å². The molecular weight excluding hydrogens is 400 g/mol. The van der Waals surface area contributed by atoms with Gasteiger partial charge in [-0.3, -0.25) is 14.2 Å². The molecule has 9 heteroatoms. The molecule has 3 rings (SSSR count). The molecule has 1 amide bonds. The Morgan fingerprint density at radius 2 is 1.94 bits per heavy atom. The van der Waals surface area contributed by atoms with Gasteiger partial charge >= 0.3 is 5.69 Å². The van der Waals surface area contributed by atoms with Gasteiger partial charge in [0.15, 0.2) is 11.5 Å². The number of nitrogens with zero attached hydrogens (tertiary/aromatic N) is 3. The summed E-state index contributed by atoms with van der Waals surface area (Å²) in [6.07, 6.45) is 2.01. The van der Waals surface area contributed by atoms with Gasteiger partial charge in [0.25, 0.3) is 5.56 Å². The molecule has 2 aromatic rings. The smallest absolute Gasteiger partial charge is 0.331 e. The predicted molar refractivity (Wildman–Crippen MR) is 113 cm³/mol. The Kier molecular flexibility index (Phi) is 6.80. The van der Waals surface area contributed by atoms with E-state index in [0.717, 1.165) is 16.6 Å². The largest absolute Gasteiger partial charge is 0.490 e. The fourth-order valence-electron chi connectivity index (χ4n) is 3.47. The van der Waals surface area contributed by atoms with Crippen LogP contribution in [0.25, 0.3) is 0 Å². The number of hydrogen-bond acceptors (Lipinski definition) is 6. The number of carbonyl (C=O) groups excluding carboxylic acids is 1. The van der Waals surface area contributed by atoms with Crippen LogP contribution < -0.4 is 26.0 Å². The Morgan fingerprint density at radius 1 is 1.23 bits per heavy atom. The summed E-state index contributed by atoms with van der Waals surface area (Å²) in [5.74, 6) is 0.819. The molecule has 31 heavy (non-hydrogen) atoms. The van der Waals surface area contributed by atoms with E-state index in [1.54, 1.807) is 13.0 Å². The van der Waals surface area contributed by atoms with Gasteiger partial charge in [-0.1, -0.05) is 19.9 Å². The Balaban J connectivity index is 1.86. The minimum atomic E-state index is -0.774. The van der Waals surface area contributed by atoms with Crippen molar-refractivity contribution in [1.82, 2.24) is 14.5 Å². The highest BCUT2D eigenvalue weighted by atomic mass is 16.5. The van der Waals surface area contributed by atoms with Crippen LogP contribution in [-0.4, -0.2) is 28.3 Å². The van der Waals surface area contributed by atoms with Crippen molar-refractivity contribution in [3.8, 4) is 17.6 Å². The second kappa shape index (κ2) is 9.51. The summed E-state index contributed by atoms with van der Waals surface area (Å²) >= 11 is 0. The van der Waals surface area contributed by atoms with Crippen molar-refractivity contribution in [1.29, 1.82) is 5.26 Å². The summed E-state index contributed by atoms with van der Waals surface area (Å²) in [6, 6.07) is 6.94. The first-order valence-electron chi connectivity index (χ1n) is 10.3. The minimum absolute atomic E-state index is 0.0307. The van der Waals surface area contributed by atoms with E-state index in [1.165, 1.54) is 10.8 Å². The number of carbonyl (C=O) groups is 1. The van der Waals surface area contributed by atoms with E-state index in [2.05, 4.69) is 5.32 Å². The van der Waals surface area contributed by atoms with Crippen molar-refractivity contribution >= 4 is 5.91 Å². The van der Waals surface area contributed by atoms with Crippen LogP contribution in [0, 0.1) is 17.2 Å². The molecule has 0 radical (unpaired) electrons. The highest BCUT2D eigenvalue weighted by molar-refractivity contribution is 5.76. The third-order valence-corrected chi connectivity index (χ3v) is 5.11. The van der Waals surface area contributed by atoms with Crippen LogP contribution in [0.1, 0.15) is 44.4 Å². The topological polar surface area (TPSA) is 115 Å². The molecule has 0 bridgehead atoms. The third kappa shape index (κ3) is 4.79. The molecule has 2 heterocycles. The highest BCUT2D eigenvalue weighted by Gasteiger charge is 2.22. The van der Waals surface area contributed by atoms with E-state index in [1.807, 2.05) is 32.0 Å². The number of fused-ring (bicyclic) bond motifs is 1. The Bertz CT molecular complexity index is 1130. The average molecular weight is 426 g/mol. The lowest BCUT2D eigenvalue weighted by Crippen LogP contribution is -2.45. The van der Waals surface area contributed by atoms with Crippen LogP contribution in [0.5, 0.6) is 11.5 Å². The van der Waals surface area contributed by atoms with Crippen molar-refractivity contribution in [2.45, 2.75) is 46.3 Å². The SMILES string of the molecule is CCn1cc(C#N)c(=O)n(CC(=O)N[C@@H](c2ccc3c(c2)OCCCO3)C(C)C)c1=O. The number of ether oxygens (including phenoxy) is 2. The maximum absolute atomic E-state index is 12.8. The van der Waals surface area contributed by atoms with Gasteiger partial charge in [-0.05, 0) is 30.5 Å². The lowest BCUT2D eigenvalue weighted by Gasteiger charge is -2.24. The molecule has 0 fully saturated rings. The quantitative estimate of drug-likeness (QED) is 0.750. The zero-order valence-corrected chi connectivity index (χ0v) is 17.9. The zero-order valence-electron chi connectivity index (χ0n) is 17.9. The summed E-state index contributed by atoms with van der Waals surface area (Å²) < 4.78 is 13.4. The zero-order chi connectivity index (χ0) is 22.5. The van der Waals surface area contributed by atoms with Gasteiger partial charge in [0.05, 0.1) is 19.3 Å². The van der Waals surface area contributed by atoms with Crippen molar-refractivity contribution < 1.29 is 14.3 Å². The minimum Gasteiger partial charge on any atom is -0.490 e. The number of nitriles is 1. The highest BCUT2D eigenvalue weighted by Crippen LogP contribution is 2.34. The first kappa shape index (κ1) is 22.2. The maximum atomic E-state index is 12.8. The normalized spacial score (nSPS) is 13.9. The summed E-state index contributed by atoms with van der Waals surface area (Å²) in [4.78, 5) is 37.7. The molecule has 1 aliphatic rings. The molecule has 0 saturated heterocycles. The van der Waals surface area contributed by atoms with E-state index in [0.29, 0.717) is 24.7 Å². The number of aryl methyl sites for hydroxylation is 1. The summed E-state index contributed by atoms with van der Waals surface area (Å²) in [5, 5.41) is 12.1. The third-order valence-electron chi connectivity index (χ3n) is 5.11. The first-order chi connectivity index (χ1) is 14.8. The van der Waals surface area contributed by atoms with E-state index >= 15 is 0 Å². The van der Waals surface area contributed by atoms with Gasteiger partial charge in [-0.25, -0.2) is 9.36 Å². The van der Waals surface area contributed by atoms with Gasteiger partial charge < -0.3 is 14.8 Å². The fourth-order valence-corrected chi connectivity index (χ4v) is 3.47. The lowest BCUT2D eigenvalue weighted by atomic mass is 9.95. The Hall–Kier alpha value is -3.54. The van der Waals surface area contributed by atoms with Gasteiger partial charge in [-0.2, -0.15) is 5.26 Å². The molecule has 1 aliphatic heterocycles. The number of hydrogen-bond donors (Lipinski definition) is 1. The Morgan fingerprint density at radius 3 is 2.58 bits per heavy atom. The Labute approximate surface area is 179 Å². The number of nitrogens with one attached hydrogen (secondary N) is 1. The monoisotopic (exact) mass is 426 g/mol. The number of rotatable bonds is 6. The predicted octanol–water partition coefficient (Wildman–Crippen LogP) is 1.58. The van der Waals surface area contributed by atoms with E-state index in [9.17, 15) is 19.6 Å². The molecule has 9 nitrogen and oxygen atoms in total. The van der Waals surface area contributed by atoms with Crippen molar-refractivity contribution in [2.24, 2.45) is 5.92 Å². The molecule has 0 aliphatic carbocycles. The van der Waals surface area contributed by atoms with E-state index in [-0.39, 0.29) is 24.1 Å². The van der Waals surface area contributed by atoms with Gasteiger partial charge in [0, 0.05) is 19.2 Å². The van der Waals surface area contributed by atoms with Crippen LogP contribution in [0.4, 0.5) is 0 Å². The standard InChI is InChI=1S/C22H26N4O5/c1-4-25-12-16(11-23)21(28)26(22(25)29)13-19(27)24-20(14(2)3)15-6-7-17-18(10-15)31-9-5-8-30-17/h6-7,10,12,14,20H,4-5,8-9,13H2,1-3H3,(H,24,27)/t20-/m1/s1. The fraction of sp³-hybridized carbons (Fsp3) is 0.455. The first-order valence-corrected chi connectivity index (χ1v) is 10.3. The molecule has 1 aromatic heterocycles. The molecule has 1 aromatic carbocycles. The van der Waals surface area contributed by atoms with E-state index in [4.69, 9.17) is 9.47 Å². The summed E-state index contributed by atoms with van der Waals surface area (Å²) in [5.41, 5.74) is -0.753. The van der Waals surface area contributed by atoms with Crippen LogP contribution >= 0.6 is 0 Å². The van der Waals surface area contributed by atoms with Crippen LogP contribution in [-0.2, 0) is 17.9 Å². The molecule has 164 valence electrons. The molecule has 0 unspecified atom stereocenters. The number of aromatic nitrogens is 2. The molecule has 0 saturated carbocycles. The summed E-state index contributed by atoms with van der Waals surface area (Å²) in [7, 11) is 0. The summed E-state index contributed by atoms with van der Waals surface area (Å²) in [6.45, 7) is 6.58. The molecule has 0 spiro atoms. The van der Waals surface area contributed by atoms with Gasteiger partial charge in [-0.15, -0.1) is 0 Å². The van der Waals surface area contributed by atoms with Crippen LogP contribution in [0.15, 0.2) is 34.0 Å². The lowest BCUT2D eigenvalue weighted by molar-refractivity contribution is -0.122. The van der Waals surface area contributed by atoms with E-state index < -0.39 is 23.7 Å². The van der Waals surface area contributed by atoms with Gasteiger partial charge in [0.2, 0.25) is 5.91 Å². The molecule has 1 N–H and O–H groups in total. The van der Waals surface area contributed by atoms with Crippen molar-refractivity contribution in [3.63, 3.8) is 0 Å². The second-order valence-corrected chi connectivity index (χ2v) is 7.66. The molecule has 1 atom stereocenters. The van der Waals surface area contributed by atoms with Crippen molar-refractivity contribution in [3.05, 3.63) is 56.4 Å². The van der Waals surface area contributed by atoms with Crippen LogP contribution in [0.3, 0.4) is 0 Å². The molecular formula is C22H26N4O5. The number of benzene rings is 1. The van der Waals surface area contributed by atoms with Crippen LogP contribution in [0.2, 0.25) is 0 Å². The second-order valence-electron chi connectivity index (χ2n) is 7.66.